The van der Waals surface area contributed by atoms with Gasteiger partial charge in [-0.2, -0.15) is 0 Å². The molecular weight excluding hydrogens is 238 g/mol. The molecule has 1 atom stereocenters. The van der Waals surface area contributed by atoms with Crippen molar-refractivity contribution in [2.45, 2.75) is 19.9 Å². The number of nitrogens with one attached hydrogen (secondary N) is 1. The van der Waals surface area contributed by atoms with Crippen LogP contribution in [0.2, 0.25) is 0 Å². The molecule has 0 saturated carbocycles. The Labute approximate surface area is 94.2 Å². The van der Waals surface area contributed by atoms with E-state index >= 15 is 0 Å². The molecule has 0 aliphatic rings. The molecule has 0 rings (SSSR count). The molecule has 0 aromatic rings. The molecule has 0 spiro atoms. The number of ether oxygens (including phenoxy) is 2. The second-order valence-corrected chi connectivity index (χ2v) is 4.68. The van der Waals surface area contributed by atoms with Gasteiger partial charge in [-0.15, -0.1) is 0 Å². The van der Waals surface area contributed by atoms with E-state index in [9.17, 15) is 18.0 Å². The Hall–Kier alpha value is -1.15. The van der Waals surface area contributed by atoms with Crippen LogP contribution in [-0.4, -0.2) is 45.9 Å². The molecule has 0 aromatic carbocycles. The monoisotopic (exact) mass is 253 g/mol. The minimum atomic E-state index is -3.88. The molecule has 0 aliphatic carbocycles. The van der Waals surface area contributed by atoms with Crippen molar-refractivity contribution in [3.05, 3.63) is 0 Å². The largest absolute Gasteiger partial charge is 0.468 e. The van der Waals surface area contributed by atoms with Crippen LogP contribution in [0.15, 0.2) is 0 Å². The first kappa shape index (κ1) is 14.8. The lowest BCUT2D eigenvalue weighted by Gasteiger charge is -2.12. The molecular formula is C8H15NO6S. The van der Waals surface area contributed by atoms with Gasteiger partial charge >= 0.3 is 11.9 Å². The molecule has 16 heavy (non-hydrogen) atoms. The molecule has 0 aromatic heterocycles. The molecule has 0 aliphatic heterocycles. The van der Waals surface area contributed by atoms with E-state index in [0.717, 1.165) is 7.11 Å². The molecule has 0 saturated heterocycles. The Balaban J connectivity index is 4.36. The van der Waals surface area contributed by atoms with Crippen molar-refractivity contribution in [2.75, 3.05) is 19.5 Å². The first-order valence-corrected chi connectivity index (χ1v) is 6.21. The fraction of sp³-hybridized carbons (Fsp3) is 0.750. The SMILES string of the molecule is CCOC(=O)C(C)NS(=O)(=O)CC(=O)OC. The summed E-state index contributed by atoms with van der Waals surface area (Å²) in [6.45, 7) is 3.09. The zero-order valence-electron chi connectivity index (χ0n) is 9.35. The third-order valence-electron chi connectivity index (χ3n) is 1.53. The first-order chi connectivity index (χ1) is 7.32. The van der Waals surface area contributed by atoms with Crippen molar-refractivity contribution in [1.29, 1.82) is 0 Å². The molecule has 7 nitrogen and oxygen atoms in total. The standard InChI is InChI=1S/C8H15NO6S/c1-4-15-8(11)6(2)9-16(12,13)5-7(10)14-3/h6,9H,4-5H2,1-3H3. The van der Waals surface area contributed by atoms with E-state index in [1.165, 1.54) is 6.92 Å². The summed E-state index contributed by atoms with van der Waals surface area (Å²) in [6.07, 6.45) is 0. The van der Waals surface area contributed by atoms with Crippen LogP contribution in [0.1, 0.15) is 13.8 Å². The molecule has 1 N–H and O–H groups in total. The highest BCUT2D eigenvalue weighted by atomic mass is 32.2. The van der Waals surface area contributed by atoms with Crippen LogP contribution in [0.25, 0.3) is 0 Å². The molecule has 0 radical (unpaired) electrons. The fourth-order valence-corrected chi connectivity index (χ4v) is 1.99. The van der Waals surface area contributed by atoms with Crippen molar-refractivity contribution in [2.24, 2.45) is 0 Å². The van der Waals surface area contributed by atoms with E-state index in [0.29, 0.717) is 0 Å². The number of carbonyl (C=O) groups is 2. The highest BCUT2D eigenvalue weighted by Gasteiger charge is 2.23. The zero-order chi connectivity index (χ0) is 12.8. The lowest BCUT2D eigenvalue weighted by molar-refractivity contribution is -0.144. The Bertz CT molecular complexity index is 350. The van der Waals surface area contributed by atoms with Gasteiger partial charge in [0, 0.05) is 0 Å². The quantitative estimate of drug-likeness (QED) is 0.611. The Morgan fingerprint density at radius 3 is 2.38 bits per heavy atom. The number of sulfonamides is 1. The van der Waals surface area contributed by atoms with E-state index in [-0.39, 0.29) is 6.61 Å². The van der Waals surface area contributed by atoms with Crippen molar-refractivity contribution in [3.63, 3.8) is 0 Å². The van der Waals surface area contributed by atoms with Crippen molar-refractivity contribution >= 4 is 22.0 Å². The highest BCUT2D eigenvalue weighted by molar-refractivity contribution is 7.90. The predicted octanol–water partition coefficient (Wildman–Crippen LogP) is -0.970. The number of esters is 2. The van der Waals surface area contributed by atoms with Gasteiger partial charge in [0.1, 0.15) is 6.04 Å². The smallest absolute Gasteiger partial charge is 0.323 e. The van der Waals surface area contributed by atoms with Gasteiger partial charge in [0.05, 0.1) is 13.7 Å². The van der Waals surface area contributed by atoms with E-state index < -0.39 is 33.8 Å². The highest BCUT2D eigenvalue weighted by Crippen LogP contribution is 1.94. The lowest BCUT2D eigenvalue weighted by atomic mass is 10.4. The number of methoxy groups -OCH3 is 1. The van der Waals surface area contributed by atoms with Crippen molar-refractivity contribution in [3.8, 4) is 0 Å². The molecule has 8 heteroatoms. The zero-order valence-corrected chi connectivity index (χ0v) is 10.2. The van der Waals surface area contributed by atoms with Crippen LogP contribution < -0.4 is 4.72 Å². The fourth-order valence-electron chi connectivity index (χ4n) is 0.840. The Morgan fingerprint density at radius 2 is 1.94 bits per heavy atom. The van der Waals surface area contributed by atoms with E-state index in [1.807, 2.05) is 4.72 Å². The molecule has 1 unspecified atom stereocenters. The Morgan fingerprint density at radius 1 is 1.38 bits per heavy atom. The molecule has 0 bridgehead atoms. The molecule has 0 fully saturated rings. The maximum Gasteiger partial charge on any atom is 0.323 e. The summed E-state index contributed by atoms with van der Waals surface area (Å²) in [5.74, 6) is -2.42. The van der Waals surface area contributed by atoms with Crippen LogP contribution in [-0.2, 0) is 29.1 Å². The molecule has 0 heterocycles. The molecule has 94 valence electrons. The minimum Gasteiger partial charge on any atom is -0.468 e. The second kappa shape index (κ2) is 6.44. The van der Waals surface area contributed by atoms with Crippen LogP contribution in [0.3, 0.4) is 0 Å². The first-order valence-electron chi connectivity index (χ1n) is 4.55. The predicted molar refractivity (Wildman–Crippen MR) is 55.0 cm³/mol. The van der Waals surface area contributed by atoms with Gasteiger partial charge in [-0.25, -0.2) is 13.1 Å². The van der Waals surface area contributed by atoms with Crippen LogP contribution >= 0.6 is 0 Å². The summed E-state index contributed by atoms with van der Waals surface area (Å²) >= 11 is 0. The summed E-state index contributed by atoms with van der Waals surface area (Å²) in [5, 5.41) is 0. The Kier molecular flexibility index (Phi) is 5.97. The third kappa shape index (κ3) is 5.66. The van der Waals surface area contributed by atoms with Gasteiger partial charge in [0.2, 0.25) is 10.0 Å². The molecule has 0 amide bonds. The van der Waals surface area contributed by atoms with E-state index in [2.05, 4.69) is 9.47 Å². The van der Waals surface area contributed by atoms with Gasteiger partial charge in [0.15, 0.2) is 5.75 Å². The summed E-state index contributed by atoms with van der Waals surface area (Å²) in [4.78, 5) is 21.9. The average molecular weight is 253 g/mol. The summed E-state index contributed by atoms with van der Waals surface area (Å²) in [7, 11) is -2.80. The van der Waals surface area contributed by atoms with Gasteiger partial charge < -0.3 is 9.47 Å². The minimum absolute atomic E-state index is 0.155. The maximum absolute atomic E-state index is 11.3. The topological polar surface area (TPSA) is 98.8 Å². The normalized spacial score (nSPS) is 12.9. The third-order valence-corrected chi connectivity index (χ3v) is 2.86. The van der Waals surface area contributed by atoms with Gasteiger partial charge in [-0.3, -0.25) is 9.59 Å². The van der Waals surface area contributed by atoms with Crippen molar-refractivity contribution < 1.29 is 27.5 Å². The number of hydrogen-bond acceptors (Lipinski definition) is 6. The van der Waals surface area contributed by atoms with Crippen LogP contribution in [0.5, 0.6) is 0 Å². The van der Waals surface area contributed by atoms with Gasteiger partial charge in [-0.05, 0) is 13.8 Å². The maximum atomic E-state index is 11.3. The van der Waals surface area contributed by atoms with E-state index in [4.69, 9.17) is 0 Å². The summed E-state index contributed by atoms with van der Waals surface area (Å²) in [5.41, 5.74) is 0. The van der Waals surface area contributed by atoms with Gasteiger partial charge in [0.25, 0.3) is 0 Å². The lowest BCUT2D eigenvalue weighted by Crippen LogP contribution is -2.42. The number of rotatable bonds is 6. The van der Waals surface area contributed by atoms with Crippen molar-refractivity contribution in [1.82, 2.24) is 4.72 Å². The average Bonchev–Trinajstić information content (AvgIpc) is 2.16. The van der Waals surface area contributed by atoms with E-state index in [1.54, 1.807) is 6.92 Å². The summed E-state index contributed by atoms with van der Waals surface area (Å²) < 4.78 is 33.4. The summed E-state index contributed by atoms with van der Waals surface area (Å²) in [6, 6.07) is -1.03. The number of hydrogen-bond donors (Lipinski definition) is 1. The van der Waals surface area contributed by atoms with Crippen LogP contribution in [0.4, 0.5) is 0 Å². The van der Waals surface area contributed by atoms with Gasteiger partial charge in [-0.1, -0.05) is 0 Å². The number of carbonyl (C=O) groups excluding carboxylic acids is 2. The van der Waals surface area contributed by atoms with Crippen LogP contribution in [0, 0.1) is 0 Å². The second-order valence-electron chi connectivity index (χ2n) is 2.93.